The van der Waals surface area contributed by atoms with Crippen molar-refractivity contribution in [2.75, 3.05) is 0 Å². The Morgan fingerprint density at radius 2 is 1.71 bits per heavy atom. The fraction of sp³-hybridized carbons (Fsp3) is 0.357. The number of hydrogen-bond acceptors (Lipinski definition) is 0. The van der Waals surface area contributed by atoms with E-state index < -0.39 is 21.3 Å². The van der Waals surface area contributed by atoms with Gasteiger partial charge in [-0.05, 0) is 0 Å². The molecule has 0 aromatic heterocycles. The van der Waals surface area contributed by atoms with Gasteiger partial charge in [-0.1, -0.05) is 0 Å². The zero-order valence-electron chi connectivity index (χ0n) is 10.7. The first-order valence-corrected chi connectivity index (χ1v) is 9.73. The summed E-state index contributed by atoms with van der Waals surface area (Å²) < 4.78 is 7.96. The minimum atomic E-state index is -1.67. The number of halogens is 2. The Morgan fingerprint density at radius 3 is 2.12 bits per heavy atom. The van der Waals surface area contributed by atoms with Gasteiger partial charge >= 0.3 is 101 Å². The Kier molecular flexibility index (Phi) is 7.14. The topological polar surface area (TPSA) is 0 Å². The van der Waals surface area contributed by atoms with Gasteiger partial charge in [0.2, 0.25) is 0 Å². The molecule has 2 aliphatic carbocycles. The molecule has 0 N–H and O–H groups in total. The molecule has 0 nitrogen and oxygen atoms in total. The third-order valence-electron chi connectivity index (χ3n) is 3.55. The van der Waals surface area contributed by atoms with Crippen molar-refractivity contribution in [2.45, 2.75) is 33.6 Å². The average Bonchev–Trinajstić information content (AvgIpc) is 2.75. The summed E-state index contributed by atoms with van der Waals surface area (Å²) in [5.74, 6) is 0. The molecule has 0 aromatic rings. The van der Waals surface area contributed by atoms with Crippen LogP contribution in [0.25, 0.3) is 0 Å². The van der Waals surface area contributed by atoms with Gasteiger partial charge in [-0.15, -0.1) is 24.8 Å². The van der Waals surface area contributed by atoms with E-state index in [2.05, 4.69) is 43.2 Å². The molecule has 0 amide bonds. The van der Waals surface area contributed by atoms with Crippen molar-refractivity contribution in [1.82, 2.24) is 0 Å². The Labute approximate surface area is 125 Å². The van der Waals surface area contributed by atoms with Crippen molar-refractivity contribution in [3.05, 3.63) is 41.5 Å². The molecular formula is C14H20Cl2Zr. The zero-order chi connectivity index (χ0) is 11.0. The molecule has 0 aromatic carbocycles. The molecule has 0 saturated carbocycles. The normalized spacial score (nSPS) is 17.9. The molecule has 0 aliphatic heterocycles. The Morgan fingerprint density at radius 1 is 1.06 bits per heavy atom. The van der Waals surface area contributed by atoms with Crippen LogP contribution in [0, 0.1) is 0 Å². The molecule has 0 radical (unpaired) electrons. The summed E-state index contributed by atoms with van der Waals surface area (Å²) in [6, 6.07) is 0. The first-order valence-electron chi connectivity index (χ1n) is 5.54. The standard InChI is InChI=1S/C7H9.C6H7.CH2.2ClH.Zr/c1-6-4-3-5-7(6)2;1-6-4-2-3-5-6;;;;/h4H,3H2,1-2H3;2,4H,3H2,1H3;1H2;2*1H;. The van der Waals surface area contributed by atoms with Crippen LogP contribution in [-0.4, -0.2) is 4.21 Å². The summed E-state index contributed by atoms with van der Waals surface area (Å²) in [6.45, 7) is 6.75. The first-order chi connectivity index (χ1) is 7.11. The van der Waals surface area contributed by atoms with Crippen LogP contribution in [-0.2, 0) is 21.3 Å². The average molecular weight is 350 g/mol. The fourth-order valence-corrected chi connectivity index (χ4v) is 7.93. The van der Waals surface area contributed by atoms with Gasteiger partial charge in [-0.3, -0.25) is 0 Å². The molecule has 94 valence electrons. The Balaban J connectivity index is 0.00000128. The first kappa shape index (κ1) is 17.3. The summed E-state index contributed by atoms with van der Waals surface area (Å²) >= 11 is -1.67. The van der Waals surface area contributed by atoms with Crippen LogP contribution in [0.1, 0.15) is 33.6 Å². The Bertz CT molecular complexity index is 451. The van der Waals surface area contributed by atoms with E-state index in [9.17, 15) is 0 Å². The molecule has 0 atom stereocenters. The van der Waals surface area contributed by atoms with Crippen molar-refractivity contribution in [1.29, 1.82) is 0 Å². The molecular weight excluding hydrogens is 330 g/mol. The van der Waals surface area contributed by atoms with E-state index in [0.717, 1.165) is 0 Å². The third kappa shape index (κ3) is 3.40. The second-order valence-electron chi connectivity index (χ2n) is 4.44. The molecule has 0 bridgehead atoms. The van der Waals surface area contributed by atoms with Crippen LogP contribution in [0.5, 0.6) is 0 Å². The van der Waals surface area contributed by atoms with Crippen molar-refractivity contribution in [3.8, 4) is 0 Å². The second kappa shape index (κ2) is 7.02. The van der Waals surface area contributed by atoms with E-state index in [1.54, 1.807) is 12.1 Å². The number of allylic oxidation sites excluding steroid dienone is 8. The maximum absolute atomic E-state index is 4.54. The SMILES string of the molecule is Cl.Cl.[CH2]=[Zr]([C]1=C(C)C=CC1)[C]1=C(C)C(C)=CC1. The summed E-state index contributed by atoms with van der Waals surface area (Å²) in [7, 11) is 0. The van der Waals surface area contributed by atoms with Gasteiger partial charge in [-0.2, -0.15) is 0 Å². The van der Waals surface area contributed by atoms with Gasteiger partial charge in [0.15, 0.2) is 0 Å². The van der Waals surface area contributed by atoms with Crippen LogP contribution in [0.2, 0.25) is 0 Å². The summed E-state index contributed by atoms with van der Waals surface area (Å²) in [5.41, 5.74) is 4.53. The summed E-state index contributed by atoms with van der Waals surface area (Å²) in [4.78, 5) is 0. The molecule has 3 heteroatoms. The van der Waals surface area contributed by atoms with Crippen LogP contribution in [0.15, 0.2) is 41.5 Å². The predicted molar refractivity (Wildman–Crippen MR) is 79.1 cm³/mol. The third-order valence-corrected chi connectivity index (χ3v) is 10.0. The number of hydrogen-bond donors (Lipinski definition) is 0. The molecule has 2 aliphatic rings. The van der Waals surface area contributed by atoms with E-state index in [4.69, 9.17) is 0 Å². The molecule has 0 saturated heterocycles. The van der Waals surface area contributed by atoms with Crippen LogP contribution in [0.3, 0.4) is 0 Å². The van der Waals surface area contributed by atoms with E-state index in [-0.39, 0.29) is 24.8 Å². The number of rotatable bonds is 2. The Hall–Kier alpha value is 0.293. The molecule has 2 rings (SSSR count). The van der Waals surface area contributed by atoms with Crippen LogP contribution < -0.4 is 0 Å². The van der Waals surface area contributed by atoms with Crippen molar-refractivity contribution < 1.29 is 21.3 Å². The van der Waals surface area contributed by atoms with Gasteiger partial charge in [0.1, 0.15) is 0 Å². The molecule has 0 unspecified atom stereocenters. The van der Waals surface area contributed by atoms with Crippen molar-refractivity contribution >= 4 is 29.0 Å². The molecule has 0 spiro atoms. The van der Waals surface area contributed by atoms with Gasteiger partial charge in [-0.25, -0.2) is 0 Å². The van der Waals surface area contributed by atoms with Crippen molar-refractivity contribution in [3.63, 3.8) is 0 Å². The predicted octanol–water partition coefficient (Wildman–Crippen LogP) is 4.74. The van der Waals surface area contributed by atoms with E-state index >= 15 is 0 Å². The monoisotopic (exact) mass is 348 g/mol. The second-order valence-corrected chi connectivity index (χ2v) is 9.76. The van der Waals surface area contributed by atoms with Gasteiger partial charge in [0, 0.05) is 0 Å². The van der Waals surface area contributed by atoms with Crippen LogP contribution in [0.4, 0.5) is 0 Å². The quantitative estimate of drug-likeness (QED) is 0.675. The minimum absolute atomic E-state index is 0. The van der Waals surface area contributed by atoms with E-state index in [1.165, 1.54) is 24.0 Å². The van der Waals surface area contributed by atoms with Crippen molar-refractivity contribution in [2.24, 2.45) is 0 Å². The molecule has 0 fully saturated rings. The summed E-state index contributed by atoms with van der Waals surface area (Å²) in [6.07, 6.45) is 9.30. The molecule has 17 heavy (non-hydrogen) atoms. The van der Waals surface area contributed by atoms with Crippen LogP contribution >= 0.6 is 24.8 Å². The molecule has 0 heterocycles. The van der Waals surface area contributed by atoms with E-state index in [0.29, 0.717) is 0 Å². The van der Waals surface area contributed by atoms with E-state index in [1.807, 2.05) is 0 Å². The maximum atomic E-state index is 4.54. The van der Waals surface area contributed by atoms with Gasteiger partial charge in [0.25, 0.3) is 0 Å². The van der Waals surface area contributed by atoms with Gasteiger partial charge < -0.3 is 0 Å². The zero-order valence-corrected chi connectivity index (χ0v) is 14.8. The fourth-order valence-electron chi connectivity index (χ4n) is 2.31. The van der Waals surface area contributed by atoms with Gasteiger partial charge in [0.05, 0.1) is 0 Å². The summed E-state index contributed by atoms with van der Waals surface area (Å²) in [5, 5.41) is 0.